The van der Waals surface area contributed by atoms with E-state index in [1.807, 2.05) is 96.8 Å². The largest absolute Gasteiger partial charge is 0.510 e. The molecule has 0 aliphatic carbocycles. The van der Waals surface area contributed by atoms with E-state index in [4.69, 9.17) is 4.74 Å². The van der Waals surface area contributed by atoms with Gasteiger partial charge in [0, 0.05) is 24.8 Å². The van der Waals surface area contributed by atoms with Crippen molar-refractivity contribution in [2.75, 3.05) is 16.8 Å². The highest BCUT2D eigenvalue weighted by atomic mass is 16.6. The number of hydrogen-bond donors (Lipinski definition) is 2. The molecule has 0 spiro atoms. The number of anilines is 2. The number of cyclic esters (lactones) is 1. The van der Waals surface area contributed by atoms with Crippen molar-refractivity contribution in [3.63, 3.8) is 0 Å². The van der Waals surface area contributed by atoms with E-state index in [0.29, 0.717) is 19.4 Å². The zero-order valence-corrected chi connectivity index (χ0v) is 20.7. The first kappa shape index (κ1) is 25.0. The second kappa shape index (κ2) is 11.1. The maximum atomic E-state index is 13.5. The molecule has 186 valence electrons. The Morgan fingerprint density at radius 2 is 1.72 bits per heavy atom. The van der Waals surface area contributed by atoms with Crippen LogP contribution in [0, 0.1) is 0 Å². The number of rotatable bonds is 9. The maximum absolute atomic E-state index is 13.5. The van der Waals surface area contributed by atoms with Crippen LogP contribution in [-0.2, 0) is 26.3 Å². The first-order valence-electron chi connectivity index (χ1n) is 12.3. The molecule has 4 rings (SSSR count). The topological polar surface area (TPSA) is 78.9 Å². The fraction of sp³-hybridized carbons (Fsp3) is 0.267. The van der Waals surface area contributed by atoms with Gasteiger partial charge in [-0.3, -0.25) is 4.79 Å². The molecule has 0 saturated carbocycles. The molecule has 1 unspecified atom stereocenters. The van der Waals surface area contributed by atoms with Gasteiger partial charge in [0.25, 0.3) is 0 Å². The van der Waals surface area contributed by atoms with Gasteiger partial charge in [-0.05, 0) is 54.7 Å². The Morgan fingerprint density at radius 3 is 2.36 bits per heavy atom. The molecule has 6 nitrogen and oxygen atoms in total. The van der Waals surface area contributed by atoms with Crippen LogP contribution in [0.15, 0.2) is 96.4 Å². The fourth-order valence-corrected chi connectivity index (χ4v) is 4.74. The number of carbonyl (C=O) groups excluding carboxylic acids is 2. The van der Waals surface area contributed by atoms with Crippen molar-refractivity contribution < 1.29 is 19.4 Å². The van der Waals surface area contributed by atoms with Gasteiger partial charge in [0.2, 0.25) is 5.91 Å². The molecule has 1 aliphatic rings. The number of aliphatic hydroxyl groups excluding tert-OH is 1. The summed E-state index contributed by atoms with van der Waals surface area (Å²) in [6, 6.07) is 26.8. The molecule has 36 heavy (non-hydrogen) atoms. The molecule has 3 aromatic rings. The van der Waals surface area contributed by atoms with Gasteiger partial charge < -0.3 is 20.1 Å². The number of esters is 1. The van der Waals surface area contributed by atoms with Crippen LogP contribution < -0.4 is 10.2 Å². The molecule has 0 radical (unpaired) electrons. The second-order valence-corrected chi connectivity index (χ2v) is 9.09. The molecular formula is C30H32N2O4. The zero-order valence-electron chi connectivity index (χ0n) is 20.7. The highest BCUT2D eigenvalue weighted by molar-refractivity contribution is 5.94. The van der Waals surface area contributed by atoms with E-state index in [2.05, 4.69) is 5.32 Å². The number of aryl methyl sites for hydroxylation is 1. The lowest BCUT2D eigenvalue weighted by Crippen LogP contribution is -2.43. The molecule has 1 aliphatic heterocycles. The lowest BCUT2D eigenvalue weighted by atomic mass is 9.82. The van der Waals surface area contributed by atoms with Crippen molar-refractivity contribution in [1.82, 2.24) is 0 Å². The predicted molar refractivity (Wildman–Crippen MR) is 142 cm³/mol. The highest BCUT2D eigenvalue weighted by Gasteiger charge is 2.44. The molecule has 1 amide bonds. The summed E-state index contributed by atoms with van der Waals surface area (Å²) in [7, 11) is 0. The summed E-state index contributed by atoms with van der Waals surface area (Å²) in [6.45, 7) is 4.08. The fourth-order valence-electron chi connectivity index (χ4n) is 4.74. The van der Waals surface area contributed by atoms with Gasteiger partial charge in [-0.1, -0.05) is 67.6 Å². The van der Waals surface area contributed by atoms with E-state index in [1.165, 1.54) is 6.92 Å². The minimum atomic E-state index is -1.01. The third-order valence-electron chi connectivity index (χ3n) is 6.36. The van der Waals surface area contributed by atoms with Crippen molar-refractivity contribution >= 4 is 23.3 Å². The molecule has 0 fully saturated rings. The number of amides is 1. The average Bonchev–Trinajstić information content (AvgIpc) is 2.87. The second-order valence-electron chi connectivity index (χ2n) is 9.09. The van der Waals surface area contributed by atoms with Crippen LogP contribution in [0.5, 0.6) is 0 Å². The van der Waals surface area contributed by atoms with Gasteiger partial charge in [-0.2, -0.15) is 0 Å². The van der Waals surface area contributed by atoms with Crippen molar-refractivity contribution in [1.29, 1.82) is 0 Å². The smallest absolute Gasteiger partial charge is 0.359 e. The summed E-state index contributed by atoms with van der Waals surface area (Å²) < 4.78 is 6.24. The number of benzene rings is 3. The lowest BCUT2D eigenvalue weighted by molar-refractivity contribution is -0.161. The molecule has 3 aromatic carbocycles. The van der Waals surface area contributed by atoms with Crippen LogP contribution in [0.2, 0.25) is 0 Å². The summed E-state index contributed by atoms with van der Waals surface area (Å²) in [4.78, 5) is 26.8. The van der Waals surface area contributed by atoms with E-state index < -0.39 is 11.6 Å². The summed E-state index contributed by atoms with van der Waals surface area (Å²) in [5, 5.41) is 14.1. The number of nitrogens with one attached hydrogen (secondary N) is 1. The highest BCUT2D eigenvalue weighted by Crippen LogP contribution is 2.42. The Kier molecular flexibility index (Phi) is 7.74. The van der Waals surface area contributed by atoms with Crippen molar-refractivity contribution in [2.24, 2.45) is 0 Å². The number of aliphatic hydroxyl groups is 1. The molecule has 0 aromatic heterocycles. The van der Waals surface area contributed by atoms with Gasteiger partial charge >= 0.3 is 5.97 Å². The summed E-state index contributed by atoms with van der Waals surface area (Å²) in [6.07, 6.45) is 2.04. The van der Waals surface area contributed by atoms with E-state index in [-0.39, 0.29) is 23.8 Å². The van der Waals surface area contributed by atoms with Crippen LogP contribution in [0.3, 0.4) is 0 Å². The average molecular weight is 485 g/mol. The molecule has 0 bridgehead atoms. The van der Waals surface area contributed by atoms with Gasteiger partial charge in [-0.15, -0.1) is 0 Å². The summed E-state index contributed by atoms with van der Waals surface area (Å²) >= 11 is 0. The van der Waals surface area contributed by atoms with E-state index in [1.54, 1.807) is 0 Å². The van der Waals surface area contributed by atoms with Crippen LogP contribution in [0.4, 0.5) is 11.4 Å². The minimum absolute atomic E-state index is 0.0272. The molecule has 1 heterocycles. The normalized spacial score (nSPS) is 17.4. The number of carbonyl (C=O) groups is 2. The van der Waals surface area contributed by atoms with Crippen LogP contribution >= 0.6 is 0 Å². The Morgan fingerprint density at radius 1 is 1.03 bits per heavy atom. The summed E-state index contributed by atoms with van der Waals surface area (Å²) in [5.74, 6) is -0.641. The van der Waals surface area contributed by atoms with Crippen LogP contribution in [0.25, 0.3) is 0 Å². The Bertz CT molecular complexity index is 1240. The Labute approximate surface area is 212 Å². The van der Waals surface area contributed by atoms with Gasteiger partial charge in [0.15, 0.2) is 5.70 Å². The molecular weight excluding hydrogens is 452 g/mol. The SMILES string of the molecule is CCCN(C1=C(O)CC(CCc2cccc(NC(C)=O)c2)(c2ccccc2)OC1=O)c1ccccc1. The number of nitrogens with zero attached hydrogens (tertiary/aromatic N) is 1. The van der Waals surface area contributed by atoms with Crippen molar-refractivity contribution in [3.8, 4) is 0 Å². The summed E-state index contributed by atoms with van der Waals surface area (Å²) in [5.41, 5.74) is 2.58. The predicted octanol–water partition coefficient (Wildman–Crippen LogP) is 6.11. The van der Waals surface area contributed by atoms with E-state index >= 15 is 0 Å². The first-order valence-corrected chi connectivity index (χ1v) is 12.3. The standard InChI is InChI=1S/C30H32N2O4/c1-3-19-32(26-15-8-5-9-16-26)28-27(34)21-30(36-29(28)35,24-12-6-4-7-13-24)18-17-23-11-10-14-25(20-23)31-22(2)33/h4-16,20,34H,3,17-19,21H2,1-2H3,(H,31,33). The maximum Gasteiger partial charge on any atom is 0.359 e. The molecule has 0 saturated heterocycles. The van der Waals surface area contributed by atoms with E-state index in [9.17, 15) is 14.7 Å². The van der Waals surface area contributed by atoms with Gasteiger partial charge in [0.1, 0.15) is 11.4 Å². The number of ether oxygens (including phenoxy) is 1. The number of hydrogen-bond acceptors (Lipinski definition) is 5. The quantitative estimate of drug-likeness (QED) is 0.359. The van der Waals surface area contributed by atoms with E-state index in [0.717, 1.165) is 28.9 Å². The molecule has 2 N–H and O–H groups in total. The third-order valence-corrected chi connectivity index (χ3v) is 6.36. The first-order chi connectivity index (χ1) is 17.4. The minimum Gasteiger partial charge on any atom is -0.510 e. The van der Waals surface area contributed by atoms with Crippen LogP contribution in [-0.4, -0.2) is 23.5 Å². The lowest BCUT2D eigenvalue weighted by Gasteiger charge is -2.40. The molecule has 1 atom stereocenters. The Balaban J connectivity index is 1.67. The van der Waals surface area contributed by atoms with Crippen molar-refractivity contribution in [3.05, 3.63) is 108 Å². The molecule has 6 heteroatoms. The van der Waals surface area contributed by atoms with Crippen molar-refractivity contribution in [2.45, 2.75) is 45.1 Å². The third kappa shape index (κ3) is 5.60. The van der Waals surface area contributed by atoms with Crippen LogP contribution in [0.1, 0.15) is 44.2 Å². The van der Waals surface area contributed by atoms with Gasteiger partial charge in [0.05, 0.1) is 6.42 Å². The van der Waals surface area contributed by atoms with Gasteiger partial charge in [-0.25, -0.2) is 4.79 Å². The number of para-hydroxylation sites is 1. The Hall–Kier alpha value is -4.06. The zero-order chi connectivity index (χ0) is 25.5. The monoisotopic (exact) mass is 484 g/mol.